The number of carbonyl (C=O) groups excluding carboxylic acids is 2. The molecule has 1 atom stereocenters. The van der Waals surface area contributed by atoms with Gasteiger partial charge in [0.1, 0.15) is 18.1 Å². The number of pyridine rings is 1. The van der Waals surface area contributed by atoms with Crippen LogP contribution in [0.3, 0.4) is 0 Å². The summed E-state index contributed by atoms with van der Waals surface area (Å²) in [6, 6.07) is 21.4. The molecule has 4 aromatic rings. The van der Waals surface area contributed by atoms with Gasteiger partial charge in [-0.3, -0.25) is 14.6 Å². The van der Waals surface area contributed by atoms with Gasteiger partial charge in [-0.1, -0.05) is 48.9 Å². The Bertz CT molecular complexity index is 1430. The third kappa shape index (κ3) is 5.62. The molecular weight excluding hydrogens is 478 g/mol. The van der Waals surface area contributed by atoms with Gasteiger partial charge in [0.2, 0.25) is 5.91 Å². The minimum absolute atomic E-state index is 0.137. The number of hydrogen-bond acceptors (Lipinski definition) is 5. The van der Waals surface area contributed by atoms with E-state index in [1.165, 1.54) is 5.56 Å². The average Bonchev–Trinajstić information content (AvgIpc) is 3.43. The molecule has 7 nitrogen and oxygen atoms in total. The minimum Gasteiger partial charge on any atom is -0.486 e. The summed E-state index contributed by atoms with van der Waals surface area (Å²) in [5, 5.41) is 2.83. The molecule has 38 heavy (non-hydrogen) atoms. The first-order valence-corrected chi connectivity index (χ1v) is 12.9. The van der Waals surface area contributed by atoms with Crippen molar-refractivity contribution in [3.8, 4) is 5.75 Å². The van der Waals surface area contributed by atoms with Crippen LogP contribution in [0.5, 0.6) is 5.75 Å². The van der Waals surface area contributed by atoms with Crippen LogP contribution in [-0.2, 0) is 24.4 Å². The van der Waals surface area contributed by atoms with E-state index in [2.05, 4.69) is 41.5 Å². The van der Waals surface area contributed by atoms with Crippen LogP contribution in [0.2, 0.25) is 0 Å². The van der Waals surface area contributed by atoms with E-state index in [0.29, 0.717) is 31.0 Å². The minimum atomic E-state index is -0.296. The van der Waals surface area contributed by atoms with E-state index in [0.717, 1.165) is 28.7 Å². The Morgan fingerprint density at radius 3 is 2.79 bits per heavy atom. The number of fused-ring (bicyclic) bond motifs is 1. The molecule has 5 rings (SSSR count). The van der Waals surface area contributed by atoms with Crippen LogP contribution in [0.15, 0.2) is 83.5 Å². The largest absolute Gasteiger partial charge is 0.486 e. The monoisotopic (exact) mass is 509 g/mol. The first kappa shape index (κ1) is 25.3. The zero-order valence-corrected chi connectivity index (χ0v) is 21.6. The summed E-state index contributed by atoms with van der Waals surface area (Å²) in [4.78, 5) is 31.4. The summed E-state index contributed by atoms with van der Waals surface area (Å²) in [5.74, 6) is 1.30. The molecule has 0 radical (unpaired) electrons. The van der Waals surface area contributed by atoms with E-state index in [4.69, 9.17) is 9.15 Å². The highest BCUT2D eigenvalue weighted by Crippen LogP contribution is 2.38. The lowest BCUT2D eigenvalue weighted by Crippen LogP contribution is -2.40. The quantitative estimate of drug-likeness (QED) is 0.345. The van der Waals surface area contributed by atoms with Crippen molar-refractivity contribution in [2.24, 2.45) is 0 Å². The predicted molar refractivity (Wildman–Crippen MR) is 144 cm³/mol. The standard InChI is InChI=1S/C31H31N3O4/c1-3-29(35)34-15-13-23-9-10-25(17-27(23)30(34)24-8-4-6-21(2)16-24)37-20-26-11-12-28(38-26)31(36)33-19-22-7-5-14-32-18-22/h4-12,14,16-18,30H,3,13,15,19-20H2,1-2H3,(H,33,36)/t30-/m0/s1. The number of carbonyl (C=O) groups is 2. The highest BCUT2D eigenvalue weighted by atomic mass is 16.5. The molecule has 2 aromatic heterocycles. The van der Waals surface area contributed by atoms with E-state index in [1.807, 2.05) is 42.2 Å². The highest BCUT2D eigenvalue weighted by molar-refractivity contribution is 5.91. The first-order chi connectivity index (χ1) is 18.5. The van der Waals surface area contributed by atoms with Crippen LogP contribution in [0.25, 0.3) is 0 Å². The third-order valence-corrected chi connectivity index (χ3v) is 6.77. The maximum atomic E-state index is 12.9. The summed E-state index contributed by atoms with van der Waals surface area (Å²) in [5.41, 5.74) is 5.46. The molecule has 0 unspecified atom stereocenters. The van der Waals surface area contributed by atoms with Gasteiger partial charge >= 0.3 is 0 Å². The van der Waals surface area contributed by atoms with Crippen LogP contribution < -0.4 is 10.1 Å². The Kier molecular flexibility index (Phi) is 7.54. The second-order valence-corrected chi connectivity index (χ2v) is 9.47. The van der Waals surface area contributed by atoms with Crippen LogP contribution >= 0.6 is 0 Å². The Morgan fingerprint density at radius 1 is 1.11 bits per heavy atom. The predicted octanol–water partition coefficient (Wildman–Crippen LogP) is 5.38. The zero-order valence-electron chi connectivity index (χ0n) is 21.6. The van der Waals surface area contributed by atoms with Crippen LogP contribution in [0.1, 0.15) is 63.5 Å². The lowest BCUT2D eigenvalue weighted by atomic mass is 9.87. The number of ether oxygens (including phenoxy) is 1. The highest BCUT2D eigenvalue weighted by Gasteiger charge is 2.31. The Hall–Kier alpha value is -4.39. The van der Waals surface area contributed by atoms with Crippen molar-refractivity contribution in [2.45, 2.75) is 45.9 Å². The molecule has 0 bridgehead atoms. The summed E-state index contributed by atoms with van der Waals surface area (Å²) in [7, 11) is 0. The number of aryl methyl sites for hydroxylation is 1. The Labute approximate surface area is 222 Å². The third-order valence-electron chi connectivity index (χ3n) is 6.77. The molecule has 1 aliphatic heterocycles. The molecule has 2 aromatic carbocycles. The van der Waals surface area contributed by atoms with Gasteiger partial charge in [-0.25, -0.2) is 0 Å². The van der Waals surface area contributed by atoms with E-state index in [9.17, 15) is 9.59 Å². The van der Waals surface area contributed by atoms with Crippen LogP contribution in [-0.4, -0.2) is 28.2 Å². The SMILES string of the molecule is CCC(=O)N1CCc2ccc(OCc3ccc(C(=O)NCc4cccnc4)o3)cc2[C@@H]1c1cccc(C)c1. The molecule has 194 valence electrons. The second kappa shape index (κ2) is 11.3. The average molecular weight is 510 g/mol. The van der Waals surface area contributed by atoms with Gasteiger partial charge in [-0.15, -0.1) is 0 Å². The summed E-state index contributed by atoms with van der Waals surface area (Å²) >= 11 is 0. The van der Waals surface area contributed by atoms with Gasteiger partial charge in [-0.2, -0.15) is 0 Å². The molecule has 0 aliphatic carbocycles. The first-order valence-electron chi connectivity index (χ1n) is 12.9. The van der Waals surface area contributed by atoms with Gasteiger partial charge in [0, 0.05) is 31.9 Å². The van der Waals surface area contributed by atoms with Gasteiger partial charge in [-0.05, 0) is 65.9 Å². The fourth-order valence-corrected chi connectivity index (χ4v) is 4.86. The van der Waals surface area contributed by atoms with Crippen LogP contribution in [0, 0.1) is 6.92 Å². The fourth-order valence-electron chi connectivity index (χ4n) is 4.86. The molecule has 0 spiro atoms. The lowest BCUT2D eigenvalue weighted by molar-refractivity contribution is -0.132. The Balaban J connectivity index is 1.30. The van der Waals surface area contributed by atoms with Gasteiger partial charge in [0.05, 0.1) is 6.04 Å². The normalized spacial score (nSPS) is 14.6. The number of rotatable bonds is 8. The smallest absolute Gasteiger partial charge is 0.287 e. The van der Waals surface area contributed by atoms with E-state index in [-0.39, 0.29) is 30.2 Å². The molecule has 1 aliphatic rings. The van der Waals surface area contributed by atoms with Crippen molar-refractivity contribution in [1.82, 2.24) is 15.2 Å². The summed E-state index contributed by atoms with van der Waals surface area (Å²) in [6.07, 6.45) is 4.67. The van der Waals surface area contributed by atoms with Crippen molar-refractivity contribution >= 4 is 11.8 Å². The number of furan rings is 1. The number of benzene rings is 2. The van der Waals surface area contributed by atoms with Crippen molar-refractivity contribution < 1.29 is 18.7 Å². The molecule has 7 heteroatoms. The summed E-state index contributed by atoms with van der Waals surface area (Å²) < 4.78 is 11.8. The molecular formula is C31H31N3O4. The van der Waals surface area contributed by atoms with Gasteiger partial charge in [0.15, 0.2) is 5.76 Å². The molecule has 1 N–H and O–H groups in total. The number of aromatic nitrogens is 1. The maximum absolute atomic E-state index is 12.9. The molecule has 3 heterocycles. The molecule has 2 amide bonds. The van der Waals surface area contributed by atoms with Crippen LogP contribution in [0.4, 0.5) is 0 Å². The summed E-state index contributed by atoms with van der Waals surface area (Å²) in [6.45, 7) is 5.21. The molecule has 0 saturated carbocycles. The topological polar surface area (TPSA) is 84.7 Å². The Morgan fingerprint density at radius 2 is 2.00 bits per heavy atom. The number of nitrogens with zero attached hydrogens (tertiary/aromatic N) is 2. The second-order valence-electron chi connectivity index (χ2n) is 9.47. The molecule has 0 saturated heterocycles. The fraction of sp³-hybridized carbons (Fsp3) is 0.258. The van der Waals surface area contributed by atoms with Crippen molar-refractivity contribution in [1.29, 1.82) is 0 Å². The van der Waals surface area contributed by atoms with E-state index >= 15 is 0 Å². The maximum Gasteiger partial charge on any atom is 0.287 e. The number of nitrogens with one attached hydrogen (secondary N) is 1. The van der Waals surface area contributed by atoms with E-state index < -0.39 is 0 Å². The molecule has 0 fully saturated rings. The van der Waals surface area contributed by atoms with Gasteiger partial charge < -0.3 is 19.4 Å². The number of hydrogen-bond donors (Lipinski definition) is 1. The zero-order chi connectivity index (χ0) is 26.5. The van der Waals surface area contributed by atoms with E-state index in [1.54, 1.807) is 24.5 Å². The van der Waals surface area contributed by atoms with Crippen molar-refractivity contribution in [2.75, 3.05) is 6.54 Å². The number of amides is 2. The van der Waals surface area contributed by atoms with Gasteiger partial charge in [0.25, 0.3) is 5.91 Å². The van der Waals surface area contributed by atoms with Crippen molar-refractivity contribution in [3.05, 3.63) is 118 Å². The van der Waals surface area contributed by atoms with Crippen molar-refractivity contribution in [3.63, 3.8) is 0 Å². The lowest BCUT2D eigenvalue weighted by Gasteiger charge is -2.38.